The first-order valence-electron chi connectivity index (χ1n) is 5.67. The van der Waals surface area contributed by atoms with Crippen LogP contribution in [0.1, 0.15) is 11.1 Å². The zero-order valence-corrected chi connectivity index (χ0v) is 9.44. The highest BCUT2D eigenvalue weighted by Gasteiger charge is 2.14. The second-order valence-electron chi connectivity index (χ2n) is 4.34. The predicted molar refractivity (Wildman–Crippen MR) is 69.2 cm³/mol. The first kappa shape index (κ1) is 10.0. The molecular formula is C14H14N2O. The van der Waals surface area contributed by atoms with Gasteiger partial charge in [-0.05, 0) is 48.2 Å². The molecule has 0 aliphatic carbocycles. The van der Waals surface area contributed by atoms with E-state index in [1.54, 1.807) is 0 Å². The van der Waals surface area contributed by atoms with E-state index in [-0.39, 0.29) is 0 Å². The van der Waals surface area contributed by atoms with Crippen molar-refractivity contribution in [2.24, 2.45) is 0 Å². The topological polar surface area (TPSA) is 61.3 Å². The van der Waals surface area contributed by atoms with Gasteiger partial charge in [-0.15, -0.1) is 0 Å². The van der Waals surface area contributed by atoms with Crippen molar-refractivity contribution in [2.75, 3.05) is 11.5 Å². The average Bonchev–Trinajstić information content (AvgIpc) is 2.47. The fraction of sp³-hybridized carbons (Fsp3) is 0.143. The Labute approximate surface area is 100 Å². The van der Waals surface area contributed by atoms with Crippen LogP contribution >= 0.6 is 0 Å². The summed E-state index contributed by atoms with van der Waals surface area (Å²) in [7, 11) is 0. The molecule has 0 radical (unpaired) electrons. The van der Waals surface area contributed by atoms with E-state index in [1.807, 2.05) is 36.4 Å². The number of nitrogens with two attached hydrogens (primary N) is 2. The van der Waals surface area contributed by atoms with Gasteiger partial charge in [-0.3, -0.25) is 0 Å². The van der Waals surface area contributed by atoms with Gasteiger partial charge in [-0.25, -0.2) is 0 Å². The summed E-state index contributed by atoms with van der Waals surface area (Å²) in [5.41, 5.74) is 15.4. The number of anilines is 2. The number of benzene rings is 2. The summed E-state index contributed by atoms with van der Waals surface area (Å²) in [5.74, 6) is 1.73. The second kappa shape index (κ2) is 3.70. The predicted octanol–water partition coefficient (Wildman–Crippen LogP) is 2.74. The number of ether oxygens (including phenoxy) is 1. The van der Waals surface area contributed by atoms with Gasteiger partial charge in [0.25, 0.3) is 0 Å². The van der Waals surface area contributed by atoms with Crippen molar-refractivity contribution >= 4 is 11.4 Å². The molecule has 3 rings (SSSR count). The van der Waals surface area contributed by atoms with Crippen LogP contribution in [-0.2, 0) is 12.8 Å². The monoisotopic (exact) mass is 226 g/mol. The molecule has 0 aromatic heterocycles. The van der Waals surface area contributed by atoms with Crippen LogP contribution in [0.15, 0.2) is 36.4 Å². The minimum absolute atomic E-state index is 0.725. The van der Waals surface area contributed by atoms with Gasteiger partial charge in [-0.2, -0.15) is 0 Å². The maximum Gasteiger partial charge on any atom is 0.132 e. The summed E-state index contributed by atoms with van der Waals surface area (Å²) in [5, 5.41) is 0. The Balaban J connectivity index is 2.08. The molecule has 2 aromatic rings. The quantitative estimate of drug-likeness (QED) is 0.679. The van der Waals surface area contributed by atoms with Crippen LogP contribution in [0.2, 0.25) is 0 Å². The van der Waals surface area contributed by atoms with Crippen LogP contribution < -0.4 is 16.2 Å². The Morgan fingerprint density at radius 1 is 0.765 bits per heavy atom. The standard InChI is InChI=1S/C14H14N2O/c15-11-5-6-13-10(7-11)2-1-9-3-4-12(16)8-14(9)17-13/h3-8H,1-2,15-16H2. The highest BCUT2D eigenvalue weighted by molar-refractivity contribution is 5.55. The third kappa shape index (κ3) is 1.80. The van der Waals surface area contributed by atoms with Gasteiger partial charge in [-0.1, -0.05) is 6.07 Å². The largest absolute Gasteiger partial charge is 0.457 e. The average molecular weight is 226 g/mol. The van der Waals surface area contributed by atoms with E-state index < -0.39 is 0 Å². The summed E-state index contributed by atoms with van der Waals surface area (Å²) < 4.78 is 5.90. The van der Waals surface area contributed by atoms with E-state index in [9.17, 15) is 0 Å². The minimum atomic E-state index is 0.725. The fourth-order valence-corrected chi connectivity index (χ4v) is 2.15. The van der Waals surface area contributed by atoms with Crippen LogP contribution in [0.4, 0.5) is 11.4 Å². The number of hydrogen-bond donors (Lipinski definition) is 2. The normalized spacial score (nSPS) is 13.2. The van der Waals surface area contributed by atoms with Crippen LogP contribution in [0, 0.1) is 0 Å². The molecule has 1 heterocycles. The Kier molecular flexibility index (Phi) is 2.18. The summed E-state index contributed by atoms with van der Waals surface area (Å²) in [6, 6.07) is 11.6. The van der Waals surface area contributed by atoms with Crippen molar-refractivity contribution in [3.05, 3.63) is 47.5 Å². The van der Waals surface area contributed by atoms with Crippen molar-refractivity contribution in [1.82, 2.24) is 0 Å². The summed E-state index contributed by atoms with van der Waals surface area (Å²) in [6.45, 7) is 0. The van der Waals surface area contributed by atoms with Gasteiger partial charge >= 0.3 is 0 Å². The number of nitrogen functional groups attached to an aromatic ring is 2. The second-order valence-corrected chi connectivity index (χ2v) is 4.34. The molecule has 17 heavy (non-hydrogen) atoms. The molecule has 3 nitrogen and oxygen atoms in total. The van der Waals surface area contributed by atoms with Crippen molar-refractivity contribution in [1.29, 1.82) is 0 Å². The van der Waals surface area contributed by atoms with Crippen molar-refractivity contribution < 1.29 is 4.74 Å². The van der Waals surface area contributed by atoms with Crippen molar-refractivity contribution in [3.63, 3.8) is 0 Å². The van der Waals surface area contributed by atoms with Crippen LogP contribution in [0.25, 0.3) is 0 Å². The number of hydrogen-bond acceptors (Lipinski definition) is 3. The molecular weight excluding hydrogens is 212 g/mol. The molecule has 1 aliphatic rings. The van der Waals surface area contributed by atoms with Crippen molar-refractivity contribution in [3.8, 4) is 11.5 Å². The molecule has 4 N–H and O–H groups in total. The maximum absolute atomic E-state index is 5.90. The highest BCUT2D eigenvalue weighted by Crippen LogP contribution is 2.35. The van der Waals surface area contributed by atoms with E-state index in [1.165, 1.54) is 5.56 Å². The lowest BCUT2D eigenvalue weighted by molar-refractivity contribution is 0.479. The summed E-state index contributed by atoms with van der Waals surface area (Å²) >= 11 is 0. The van der Waals surface area contributed by atoms with Crippen LogP contribution in [0.5, 0.6) is 11.5 Å². The first-order chi connectivity index (χ1) is 8.22. The Morgan fingerprint density at radius 3 is 2.35 bits per heavy atom. The molecule has 3 heteroatoms. The molecule has 0 bridgehead atoms. The Bertz CT molecular complexity index is 578. The zero-order valence-electron chi connectivity index (χ0n) is 9.44. The zero-order chi connectivity index (χ0) is 11.8. The molecule has 0 fully saturated rings. The lowest BCUT2D eigenvalue weighted by Crippen LogP contribution is -1.92. The molecule has 0 spiro atoms. The minimum Gasteiger partial charge on any atom is -0.457 e. The lowest BCUT2D eigenvalue weighted by Gasteiger charge is -2.09. The third-order valence-corrected chi connectivity index (χ3v) is 3.06. The third-order valence-electron chi connectivity index (χ3n) is 3.06. The van der Waals surface area contributed by atoms with E-state index >= 15 is 0 Å². The Hall–Kier alpha value is -2.16. The van der Waals surface area contributed by atoms with Gasteiger partial charge in [0, 0.05) is 17.4 Å². The molecule has 0 unspecified atom stereocenters. The van der Waals surface area contributed by atoms with Gasteiger partial charge in [0.1, 0.15) is 11.5 Å². The smallest absolute Gasteiger partial charge is 0.132 e. The molecule has 86 valence electrons. The number of aryl methyl sites for hydroxylation is 2. The SMILES string of the molecule is Nc1ccc2c(c1)CCc1ccc(N)cc1O2. The van der Waals surface area contributed by atoms with Gasteiger partial charge in [0.05, 0.1) is 0 Å². The van der Waals surface area contributed by atoms with Crippen molar-refractivity contribution in [2.45, 2.75) is 12.8 Å². The summed E-state index contributed by atoms with van der Waals surface area (Å²) in [6.07, 6.45) is 1.89. The van der Waals surface area contributed by atoms with Gasteiger partial charge < -0.3 is 16.2 Å². The van der Waals surface area contributed by atoms with E-state index in [0.29, 0.717) is 0 Å². The fourth-order valence-electron chi connectivity index (χ4n) is 2.15. The number of fused-ring (bicyclic) bond motifs is 2. The molecule has 2 aromatic carbocycles. The maximum atomic E-state index is 5.90. The van der Waals surface area contributed by atoms with Crippen LogP contribution in [0.3, 0.4) is 0 Å². The first-order valence-corrected chi connectivity index (χ1v) is 5.67. The van der Waals surface area contributed by atoms with E-state index in [0.717, 1.165) is 41.3 Å². The molecule has 0 amide bonds. The highest BCUT2D eigenvalue weighted by atomic mass is 16.5. The lowest BCUT2D eigenvalue weighted by atomic mass is 10.0. The molecule has 1 aliphatic heterocycles. The van der Waals surface area contributed by atoms with E-state index in [4.69, 9.17) is 16.2 Å². The van der Waals surface area contributed by atoms with Crippen LogP contribution in [-0.4, -0.2) is 0 Å². The molecule has 0 saturated heterocycles. The van der Waals surface area contributed by atoms with Gasteiger partial charge in [0.2, 0.25) is 0 Å². The Morgan fingerprint density at radius 2 is 1.47 bits per heavy atom. The number of rotatable bonds is 0. The van der Waals surface area contributed by atoms with E-state index in [2.05, 4.69) is 0 Å². The molecule has 0 atom stereocenters. The van der Waals surface area contributed by atoms with Gasteiger partial charge in [0.15, 0.2) is 0 Å². The summed E-state index contributed by atoms with van der Waals surface area (Å²) in [4.78, 5) is 0. The molecule has 0 saturated carbocycles.